The van der Waals surface area contributed by atoms with Gasteiger partial charge in [0.2, 0.25) is 0 Å². The lowest BCUT2D eigenvalue weighted by Gasteiger charge is -2.15. The SMILES string of the molecule is CCCCCC1C(=O)/C(=C/N(C)c2ccccc2)CC1/C=C/c1ccccc1. The van der Waals surface area contributed by atoms with Crippen LogP contribution in [0.1, 0.15) is 44.6 Å². The lowest BCUT2D eigenvalue weighted by atomic mass is 9.89. The van der Waals surface area contributed by atoms with Gasteiger partial charge in [0.1, 0.15) is 0 Å². The third-order valence-corrected chi connectivity index (χ3v) is 5.59. The molecule has 2 atom stereocenters. The van der Waals surface area contributed by atoms with Crippen molar-refractivity contribution >= 4 is 17.5 Å². The van der Waals surface area contributed by atoms with Crippen molar-refractivity contribution in [3.8, 4) is 0 Å². The number of nitrogens with zero attached hydrogens (tertiary/aromatic N) is 1. The highest BCUT2D eigenvalue weighted by molar-refractivity contribution is 6.00. The minimum atomic E-state index is 0.113. The fraction of sp³-hybridized carbons (Fsp3) is 0.346. The number of hydrogen-bond acceptors (Lipinski definition) is 2. The Labute approximate surface area is 169 Å². The summed E-state index contributed by atoms with van der Waals surface area (Å²) in [4.78, 5) is 15.2. The fourth-order valence-electron chi connectivity index (χ4n) is 3.98. The zero-order valence-electron chi connectivity index (χ0n) is 17.1. The van der Waals surface area contributed by atoms with Gasteiger partial charge in [-0.3, -0.25) is 4.79 Å². The Hall–Kier alpha value is -2.61. The number of para-hydroxylation sites is 1. The van der Waals surface area contributed by atoms with Gasteiger partial charge in [-0.25, -0.2) is 0 Å². The third kappa shape index (κ3) is 5.22. The zero-order valence-corrected chi connectivity index (χ0v) is 17.1. The molecule has 2 nitrogen and oxygen atoms in total. The second-order valence-electron chi connectivity index (χ2n) is 7.71. The first-order valence-corrected chi connectivity index (χ1v) is 10.4. The normalized spacial score (nSPS) is 20.9. The molecule has 0 aliphatic heterocycles. The summed E-state index contributed by atoms with van der Waals surface area (Å²) in [5.41, 5.74) is 3.25. The molecule has 1 aliphatic rings. The molecule has 146 valence electrons. The van der Waals surface area contributed by atoms with Crippen LogP contribution in [0.25, 0.3) is 6.08 Å². The number of Topliss-reactive ketones (excluding diaryl/α,β-unsaturated/α-hetero) is 1. The maximum absolute atomic E-state index is 13.2. The standard InChI is InChI=1S/C26H31NO/c1-3-4-7-16-25-22(18-17-21-12-8-5-9-13-21)19-23(26(25)28)20-27(2)24-14-10-6-11-15-24/h5-6,8-15,17-18,20,22,25H,3-4,7,16,19H2,1-2H3/b18-17+,23-20+. The van der Waals surface area contributed by atoms with E-state index in [1.165, 1.54) is 18.4 Å². The van der Waals surface area contributed by atoms with E-state index in [0.29, 0.717) is 11.7 Å². The van der Waals surface area contributed by atoms with E-state index in [1.807, 2.05) is 37.5 Å². The predicted molar refractivity (Wildman–Crippen MR) is 119 cm³/mol. The highest BCUT2D eigenvalue weighted by Gasteiger charge is 2.36. The second kappa shape index (κ2) is 10.1. The van der Waals surface area contributed by atoms with Crippen LogP contribution in [-0.2, 0) is 4.79 Å². The maximum atomic E-state index is 13.2. The van der Waals surface area contributed by atoms with E-state index < -0.39 is 0 Å². The van der Waals surface area contributed by atoms with Gasteiger partial charge in [0, 0.05) is 30.4 Å². The van der Waals surface area contributed by atoms with Crippen LogP contribution >= 0.6 is 0 Å². The van der Waals surface area contributed by atoms with Gasteiger partial charge in [0.05, 0.1) is 0 Å². The molecule has 1 fully saturated rings. The number of hydrogen-bond donors (Lipinski definition) is 0. The Bertz CT molecular complexity index is 807. The van der Waals surface area contributed by atoms with Gasteiger partial charge in [-0.05, 0) is 36.5 Å². The first-order chi connectivity index (χ1) is 13.7. The molecule has 1 saturated carbocycles. The van der Waals surface area contributed by atoms with Crippen LogP contribution in [0.4, 0.5) is 5.69 Å². The molecule has 2 heteroatoms. The van der Waals surface area contributed by atoms with E-state index in [4.69, 9.17) is 0 Å². The van der Waals surface area contributed by atoms with Crippen LogP contribution in [0, 0.1) is 11.8 Å². The molecule has 1 aliphatic carbocycles. The maximum Gasteiger partial charge on any atom is 0.164 e. The molecule has 0 amide bonds. The molecule has 2 aromatic rings. The number of carbonyl (C=O) groups is 1. The van der Waals surface area contributed by atoms with Crippen LogP contribution in [0.5, 0.6) is 0 Å². The Morgan fingerprint density at radius 3 is 2.36 bits per heavy atom. The van der Waals surface area contributed by atoms with Crippen molar-refractivity contribution in [2.75, 3.05) is 11.9 Å². The molecule has 0 aromatic heterocycles. The third-order valence-electron chi connectivity index (χ3n) is 5.59. The molecule has 28 heavy (non-hydrogen) atoms. The van der Waals surface area contributed by atoms with Crippen molar-refractivity contribution in [3.63, 3.8) is 0 Å². The Morgan fingerprint density at radius 2 is 1.68 bits per heavy atom. The number of unbranched alkanes of at least 4 members (excludes halogenated alkanes) is 2. The summed E-state index contributed by atoms with van der Waals surface area (Å²) in [6, 6.07) is 20.6. The van der Waals surface area contributed by atoms with Crippen LogP contribution in [0.2, 0.25) is 0 Å². The summed E-state index contributed by atoms with van der Waals surface area (Å²) in [5.74, 6) is 0.739. The number of carbonyl (C=O) groups excluding carboxylic acids is 1. The molecule has 3 rings (SSSR count). The average Bonchev–Trinajstić information content (AvgIpc) is 3.03. The lowest BCUT2D eigenvalue weighted by molar-refractivity contribution is -0.118. The number of allylic oxidation sites excluding steroid dienone is 2. The van der Waals surface area contributed by atoms with E-state index in [1.54, 1.807) is 0 Å². The molecule has 0 radical (unpaired) electrons. The van der Waals surface area contributed by atoms with Gasteiger partial charge in [0.15, 0.2) is 5.78 Å². The van der Waals surface area contributed by atoms with Crippen LogP contribution < -0.4 is 4.90 Å². The monoisotopic (exact) mass is 373 g/mol. The van der Waals surface area contributed by atoms with Gasteiger partial charge < -0.3 is 4.90 Å². The summed E-state index contributed by atoms with van der Waals surface area (Å²) in [7, 11) is 2.02. The van der Waals surface area contributed by atoms with Crippen molar-refractivity contribution < 1.29 is 4.79 Å². The van der Waals surface area contributed by atoms with Crippen LogP contribution in [0.3, 0.4) is 0 Å². The highest BCUT2D eigenvalue weighted by Crippen LogP contribution is 2.38. The number of anilines is 1. The van der Waals surface area contributed by atoms with Gasteiger partial charge in [-0.2, -0.15) is 0 Å². The zero-order chi connectivity index (χ0) is 19.8. The van der Waals surface area contributed by atoms with E-state index >= 15 is 0 Å². The number of benzene rings is 2. The van der Waals surface area contributed by atoms with Crippen LogP contribution in [0.15, 0.2) is 78.5 Å². The van der Waals surface area contributed by atoms with E-state index in [2.05, 4.69) is 60.4 Å². The second-order valence-corrected chi connectivity index (χ2v) is 7.71. The molecule has 0 N–H and O–H groups in total. The minimum Gasteiger partial charge on any atom is -0.351 e. The molecular formula is C26H31NO. The summed E-state index contributed by atoms with van der Waals surface area (Å²) in [6.07, 6.45) is 11.8. The van der Waals surface area contributed by atoms with E-state index in [-0.39, 0.29) is 5.92 Å². The van der Waals surface area contributed by atoms with Crippen LogP contribution in [-0.4, -0.2) is 12.8 Å². The first-order valence-electron chi connectivity index (χ1n) is 10.4. The number of rotatable bonds is 8. The Balaban J connectivity index is 1.78. The molecule has 0 heterocycles. The largest absolute Gasteiger partial charge is 0.351 e. The van der Waals surface area contributed by atoms with Crippen molar-refractivity contribution in [2.45, 2.75) is 39.0 Å². The first kappa shape index (κ1) is 20.1. The van der Waals surface area contributed by atoms with E-state index in [9.17, 15) is 4.79 Å². The van der Waals surface area contributed by atoms with Crippen molar-refractivity contribution in [2.24, 2.45) is 11.8 Å². The van der Waals surface area contributed by atoms with E-state index in [0.717, 1.165) is 30.5 Å². The number of ketones is 1. The summed E-state index contributed by atoms with van der Waals surface area (Å²) in [6.45, 7) is 2.21. The quantitative estimate of drug-likeness (QED) is 0.388. The summed E-state index contributed by atoms with van der Waals surface area (Å²) in [5, 5.41) is 0. The molecule has 0 spiro atoms. The predicted octanol–water partition coefficient (Wildman–Crippen LogP) is 6.51. The lowest BCUT2D eigenvalue weighted by Crippen LogP contribution is -2.15. The van der Waals surface area contributed by atoms with Gasteiger partial charge in [-0.15, -0.1) is 0 Å². The molecule has 0 saturated heterocycles. The van der Waals surface area contributed by atoms with Crippen molar-refractivity contribution in [3.05, 3.63) is 84.1 Å². The van der Waals surface area contributed by atoms with Gasteiger partial charge in [-0.1, -0.05) is 86.9 Å². The molecule has 0 bridgehead atoms. The molecule has 2 aromatic carbocycles. The Morgan fingerprint density at radius 1 is 1.00 bits per heavy atom. The highest BCUT2D eigenvalue weighted by atomic mass is 16.1. The minimum absolute atomic E-state index is 0.113. The van der Waals surface area contributed by atoms with Gasteiger partial charge >= 0.3 is 0 Å². The van der Waals surface area contributed by atoms with Crippen molar-refractivity contribution in [1.82, 2.24) is 0 Å². The molecular weight excluding hydrogens is 342 g/mol. The average molecular weight is 374 g/mol. The summed E-state index contributed by atoms with van der Waals surface area (Å²) >= 11 is 0. The molecule has 2 unspecified atom stereocenters. The Kier molecular flexibility index (Phi) is 7.25. The van der Waals surface area contributed by atoms with Gasteiger partial charge in [0.25, 0.3) is 0 Å². The fourth-order valence-corrected chi connectivity index (χ4v) is 3.98. The smallest absolute Gasteiger partial charge is 0.164 e. The summed E-state index contributed by atoms with van der Waals surface area (Å²) < 4.78 is 0. The van der Waals surface area contributed by atoms with Crippen molar-refractivity contribution in [1.29, 1.82) is 0 Å². The topological polar surface area (TPSA) is 20.3 Å².